The van der Waals surface area contributed by atoms with Gasteiger partial charge in [0.1, 0.15) is 26.4 Å². The molecule has 1 rings (SSSR count). The zero-order chi connectivity index (χ0) is 17.9. The van der Waals surface area contributed by atoms with E-state index < -0.39 is 24.1 Å². The van der Waals surface area contributed by atoms with Crippen LogP contribution in [0.2, 0.25) is 0 Å². The summed E-state index contributed by atoms with van der Waals surface area (Å²) >= 11 is 0. The van der Waals surface area contributed by atoms with Crippen molar-refractivity contribution in [3.05, 3.63) is 35.4 Å². The molecule has 0 aromatic heterocycles. The van der Waals surface area contributed by atoms with Crippen LogP contribution in [-0.2, 0) is 18.9 Å². The first-order chi connectivity index (χ1) is 11.4. The normalized spacial score (nSPS) is 9.67. The molecular weight excluding hydrogens is 324 g/mol. The first-order valence-electron chi connectivity index (χ1n) is 6.69. The molecule has 0 heterocycles. The van der Waals surface area contributed by atoms with Crippen LogP contribution in [0.25, 0.3) is 0 Å². The second-order valence-corrected chi connectivity index (χ2v) is 4.18. The van der Waals surface area contributed by atoms with Crippen molar-refractivity contribution in [1.82, 2.24) is 0 Å². The van der Waals surface area contributed by atoms with E-state index >= 15 is 0 Å². The average molecular weight is 340 g/mol. The largest absolute Gasteiger partial charge is 0.458 e. The predicted octanol–water partition coefficient (Wildman–Crippen LogP) is 0.191. The Kier molecular flexibility index (Phi) is 7.55. The van der Waals surface area contributed by atoms with Gasteiger partial charge in [-0.25, -0.2) is 19.2 Å². The molecule has 0 saturated carbocycles. The molecule has 1 aromatic rings. The van der Waals surface area contributed by atoms with E-state index in [4.69, 9.17) is 20.9 Å². The van der Waals surface area contributed by atoms with Crippen molar-refractivity contribution in [2.45, 2.75) is 0 Å². The van der Waals surface area contributed by atoms with Gasteiger partial charge in [0.2, 0.25) is 0 Å². The number of ether oxygens (including phenoxy) is 4. The molecule has 24 heavy (non-hydrogen) atoms. The lowest BCUT2D eigenvalue weighted by atomic mass is 10.1. The van der Waals surface area contributed by atoms with E-state index in [1.54, 1.807) is 0 Å². The highest BCUT2D eigenvalue weighted by Crippen LogP contribution is 2.07. The quantitative estimate of drug-likeness (QED) is 0.385. The first-order valence-corrected chi connectivity index (χ1v) is 6.69. The van der Waals surface area contributed by atoms with E-state index in [-0.39, 0.29) is 37.6 Å². The van der Waals surface area contributed by atoms with Crippen LogP contribution in [0.3, 0.4) is 0 Å². The standard InChI is InChI=1S/C14H16N2O8/c15-13(19)23-7-5-21-11(17)9-1-2-10(4-3-9)12(18)22-6-8-24-14(16)20/h1-4H,5-8H2,(H2,15,19)(H2,16,20). The maximum absolute atomic E-state index is 11.7. The Labute approximate surface area is 136 Å². The maximum atomic E-state index is 11.7. The summed E-state index contributed by atoms with van der Waals surface area (Å²) in [4.78, 5) is 44.0. The van der Waals surface area contributed by atoms with Gasteiger partial charge in [-0.15, -0.1) is 0 Å². The number of carbonyl (C=O) groups excluding carboxylic acids is 4. The Hall–Kier alpha value is -3.30. The molecule has 0 aliphatic heterocycles. The van der Waals surface area contributed by atoms with Gasteiger partial charge >= 0.3 is 24.1 Å². The molecule has 0 bridgehead atoms. The number of esters is 2. The molecule has 4 N–H and O–H groups in total. The number of amides is 2. The van der Waals surface area contributed by atoms with Gasteiger partial charge < -0.3 is 30.4 Å². The Morgan fingerprint density at radius 2 is 0.917 bits per heavy atom. The summed E-state index contributed by atoms with van der Waals surface area (Å²) in [5.41, 5.74) is 9.89. The van der Waals surface area contributed by atoms with Crippen LogP contribution in [0.15, 0.2) is 24.3 Å². The number of hydrogen-bond donors (Lipinski definition) is 2. The third-order valence-electron chi connectivity index (χ3n) is 2.48. The topological polar surface area (TPSA) is 157 Å². The van der Waals surface area contributed by atoms with E-state index in [0.717, 1.165) is 0 Å². The third kappa shape index (κ3) is 7.11. The number of nitrogens with two attached hydrogens (primary N) is 2. The van der Waals surface area contributed by atoms with Crippen LogP contribution in [0.4, 0.5) is 9.59 Å². The van der Waals surface area contributed by atoms with Crippen LogP contribution in [0.5, 0.6) is 0 Å². The Morgan fingerprint density at radius 3 is 1.21 bits per heavy atom. The monoisotopic (exact) mass is 340 g/mol. The fraction of sp³-hybridized carbons (Fsp3) is 0.286. The number of carbonyl (C=O) groups is 4. The highest BCUT2D eigenvalue weighted by molar-refractivity contribution is 5.93. The lowest BCUT2D eigenvalue weighted by Gasteiger charge is -2.07. The minimum atomic E-state index is -0.963. The van der Waals surface area contributed by atoms with Gasteiger partial charge in [0.25, 0.3) is 0 Å². The Morgan fingerprint density at radius 1 is 0.625 bits per heavy atom. The van der Waals surface area contributed by atoms with Crippen LogP contribution in [0, 0.1) is 0 Å². The molecule has 0 unspecified atom stereocenters. The number of benzene rings is 1. The van der Waals surface area contributed by atoms with Gasteiger partial charge in [-0.3, -0.25) is 0 Å². The fourth-order valence-electron chi connectivity index (χ4n) is 1.46. The van der Waals surface area contributed by atoms with E-state index in [1.807, 2.05) is 0 Å². The molecule has 0 aliphatic rings. The molecule has 0 aliphatic carbocycles. The third-order valence-corrected chi connectivity index (χ3v) is 2.48. The van der Waals surface area contributed by atoms with Crippen LogP contribution in [-0.4, -0.2) is 50.6 Å². The summed E-state index contributed by atoms with van der Waals surface area (Å²) in [5, 5.41) is 0. The van der Waals surface area contributed by atoms with Crippen molar-refractivity contribution >= 4 is 24.1 Å². The minimum Gasteiger partial charge on any atom is -0.458 e. The molecule has 0 atom stereocenters. The summed E-state index contributed by atoms with van der Waals surface area (Å²) in [6.07, 6.45) is -1.93. The molecular formula is C14H16N2O8. The fourth-order valence-corrected chi connectivity index (χ4v) is 1.46. The lowest BCUT2D eigenvalue weighted by Crippen LogP contribution is -2.18. The number of rotatable bonds is 8. The molecule has 0 fully saturated rings. The van der Waals surface area contributed by atoms with Crippen LogP contribution < -0.4 is 11.5 Å². The van der Waals surface area contributed by atoms with Crippen molar-refractivity contribution in [2.75, 3.05) is 26.4 Å². The Bertz CT molecular complexity index is 546. The molecule has 10 heteroatoms. The highest BCUT2D eigenvalue weighted by Gasteiger charge is 2.11. The van der Waals surface area contributed by atoms with Gasteiger partial charge in [-0.05, 0) is 24.3 Å². The van der Waals surface area contributed by atoms with Gasteiger partial charge in [0.05, 0.1) is 11.1 Å². The van der Waals surface area contributed by atoms with Crippen molar-refractivity contribution in [2.24, 2.45) is 11.5 Å². The van der Waals surface area contributed by atoms with Gasteiger partial charge in [-0.1, -0.05) is 0 Å². The second kappa shape index (κ2) is 9.66. The molecule has 2 amide bonds. The van der Waals surface area contributed by atoms with Crippen molar-refractivity contribution in [3.8, 4) is 0 Å². The Balaban J connectivity index is 2.41. The van der Waals surface area contributed by atoms with Crippen molar-refractivity contribution in [3.63, 3.8) is 0 Å². The molecule has 10 nitrogen and oxygen atoms in total. The molecule has 130 valence electrons. The molecule has 1 aromatic carbocycles. The van der Waals surface area contributed by atoms with Crippen molar-refractivity contribution in [1.29, 1.82) is 0 Å². The zero-order valence-corrected chi connectivity index (χ0v) is 12.6. The molecule has 0 spiro atoms. The summed E-state index contributed by atoms with van der Waals surface area (Å²) < 4.78 is 18.5. The summed E-state index contributed by atoms with van der Waals surface area (Å²) in [7, 11) is 0. The van der Waals surface area contributed by atoms with Gasteiger partial charge in [0.15, 0.2) is 0 Å². The zero-order valence-electron chi connectivity index (χ0n) is 12.6. The summed E-state index contributed by atoms with van der Waals surface area (Å²) in [6, 6.07) is 5.48. The van der Waals surface area contributed by atoms with E-state index in [0.29, 0.717) is 0 Å². The minimum absolute atomic E-state index is 0.147. The van der Waals surface area contributed by atoms with E-state index in [2.05, 4.69) is 9.47 Å². The molecule has 0 radical (unpaired) electrons. The summed E-state index contributed by atoms with van der Waals surface area (Å²) in [5.74, 6) is -1.31. The first kappa shape index (κ1) is 18.7. The molecule has 0 saturated heterocycles. The van der Waals surface area contributed by atoms with Gasteiger partial charge in [-0.2, -0.15) is 0 Å². The highest BCUT2D eigenvalue weighted by atomic mass is 16.6. The second-order valence-electron chi connectivity index (χ2n) is 4.18. The SMILES string of the molecule is NC(=O)OCCOC(=O)c1ccc(C(=O)OCCOC(N)=O)cc1. The van der Waals surface area contributed by atoms with E-state index in [9.17, 15) is 19.2 Å². The lowest BCUT2D eigenvalue weighted by molar-refractivity contribution is 0.0399. The van der Waals surface area contributed by atoms with E-state index in [1.165, 1.54) is 24.3 Å². The summed E-state index contributed by atoms with van der Waals surface area (Å²) in [6.45, 7) is -0.603. The smallest absolute Gasteiger partial charge is 0.404 e. The maximum Gasteiger partial charge on any atom is 0.404 e. The number of primary amides is 2. The predicted molar refractivity (Wildman–Crippen MR) is 78.1 cm³/mol. The number of hydrogen-bond acceptors (Lipinski definition) is 8. The van der Waals surface area contributed by atoms with Crippen LogP contribution in [0.1, 0.15) is 20.7 Å². The van der Waals surface area contributed by atoms with Crippen molar-refractivity contribution < 1.29 is 38.1 Å². The average Bonchev–Trinajstić information content (AvgIpc) is 2.55. The van der Waals surface area contributed by atoms with Crippen LogP contribution >= 0.6 is 0 Å². The van der Waals surface area contributed by atoms with Gasteiger partial charge in [0, 0.05) is 0 Å².